The van der Waals surface area contributed by atoms with Crippen LogP contribution >= 0.6 is 39.0 Å². The zero-order chi connectivity index (χ0) is 22.2. The average molecular weight is 524 g/mol. The van der Waals surface area contributed by atoms with Crippen molar-refractivity contribution in [2.24, 2.45) is 5.10 Å². The van der Waals surface area contributed by atoms with Gasteiger partial charge in [0.1, 0.15) is 0 Å². The van der Waals surface area contributed by atoms with E-state index in [1.807, 2.05) is 24.3 Å². The third-order valence-corrected chi connectivity index (χ3v) is 6.44. The number of thioether (sulfide) groups is 1. The van der Waals surface area contributed by atoms with Gasteiger partial charge in [0.2, 0.25) is 0 Å². The van der Waals surface area contributed by atoms with E-state index in [9.17, 15) is 9.59 Å². The molecule has 3 aromatic rings. The normalized spacial score (nSPS) is 11.0. The molecule has 0 spiro atoms. The fourth-order valence-corrected chi connectivity index (χ4v) is 4.89. The number of carbonyl (C=O) groups excluding carboxylic acids is 1. The Bertz CT molecular complexity index is 1090. The maximum Gasteiger partial charge on any atom is 0.341 e. The summed E-state index contributed by atoms with van der Waals surface area (Å²) in [5.41, 5.74) is 4.04. The first-order valence-electron chi connectivity index (χ1n) is 9.07. The second-order valence-electron chi connectivity index (χ2n) is 5.97. The first kappa shape index (κ1) is 23.0. The van der Waals surface area contributed by atoms with Crippen LogP contribution in [-0.4, -0.2) is 47.1 Å². The predicted molar refractivity (Wildman–Crippen MR) is 125 cm³/mol. The van der Waals surface area contributed by atoms with Gasteiger partial charge in [0.25, 0.3) is 5.91 Å². The molecule has 1 amide bonds. The standard InChI is InChI=1S/C20H18BrN3O5S2/c1-2-28-15-8-12(7-13(21)19(15)29-10-18(26)27)9-22-24-17(25)11-30-20-23-14-5-3-4-6-16(14)31-20/h3-9H,2,10-11H2,1H3,(H,24,25)(H,26,27)/b22-9-. The minimum atomic E-state index is -1.09. The fourth-order valence-electron chi connectivity index (χ4n) is 2.45. The van der Waals surface area contributed by atoms with Crippen molar-refractivity contribution < 1.29 is 24.2 Å². The number of fused-ring (bicyclic) bond motifs is 1. The Morgan fingerprint density at radius 2 is 2.13 bits per heavy atom. The monoisotopic (exact) mass is 523 g/mol. The Balaban J connectivity index is 1.58. The summed E-state index contributed by atoms with van der Waals surface area (Å²) >= 11 is 6.24. The predicted octanol–water partition coefficient (Wildman–Crippen LogP) is 4.16. The number of halogens is 1. The lowest BCUT2D eigenvalue weighted by Crippen LogP contribution is -2.19. The zero-order valence-corrected chi connectivity index (χ0v) is 19.6. The van der Waals surface area contributed by atoms with E-state index in [0.717, 1.165) is 14.6 Å². The lowest BCUT2D eigenvalue weighted by Gasteiger charge is -2.13. The van der Waals surface area contributed by atoms with Crippen LogP contribution in [0.4, 0.5) is 0 Å². The number of para-hydroxylation sites is 1. The lowest BCUT2D eigenvalue weighted by molar-refractivity contribution is -0.139. The summed E-state index contributed by atoms with van der Waals surface area (Å²) < 4.78 is 13.2. The summed E-state index contributed by atoms with van der Waals surface area (Å²) in [6.45, 7) is 1.68. The Morgan fingerprint density at radius 1 is 1.32 bits per heavy atom. The molecule has 2 aromatic carbocycles. The highest BCUT2D eigenvalue weighted by Gasteiger charge is 2.13. The van der Waals surface area contributed by atoms with Gasteiger partial charge in [0, 0.05) is 0 Å². The number of benzene rings is 2. The molecule has 162 valence electrons. The quantitative estimate of drug-likeness (QED) is 0.233. The summed E-state index contributed by atoms with van der Waals surface area (Å²) in [6, 6.07) is 11.2. The Hall–Kier alpha value is -2.63. The molecule has 3 rings (SSSR count). The Morgan fingerprint density at radius 3 is 2.87 bits per heavy atom. The number of rotatable bonds is 10. The minimum Gasteiger partial charge on any atom is -0.490 e. The van der Waals surface area contributed by atoms with Crippen LogP contribution < -0.4 is 14.9 Å². The van der Waals surface area contributed by atoms with E-state index in [1.54, 1.807) is 30.4 Å². The third-order valence-electron chi connectivity index (χ3n) is 3.68. The fraction of sp³-hybridized carbons (Fsp3) is 0.200. The number of hydrazone groups is 1. The van der Waals surface area contributed by atoms with Crippen molar-refractivity contribution in [2.75, 3.05) is 19.0 Å². The molecule has 0 atom stereocenters. The van der Waals surface area contributed by atoms with Crippen molar-refractivity contribution in [1.29, 1.82) is 0 Å². The molecule has 0 saturated heterocycles. The highest BCUT2D eigenvalue weighted by atomic mass is 79.9. The van der Waals surface area contributed by atoms with E-state index in [0.29, 0.717) is 22.4 Å². The summed E-state index contributed by atoms with van der Waals surface area (Å²) in [7, 11) is 0. The molecule has 0 radical (unpaired) electrons. The second-order valence-corrected chi connectivity index (χ2v) is 9.08. The first-order valence-corrected chi connectivity index (χ1v) is 11.7. The molecule has 0 saturated carbocycles. The van der Waals surface area contributed by atoms with E-state index < -0.39 is 12.6 Å². The number of nitrogens with zero attached hydrogens (tertiary/aromatic N) is 2. The molecule has 0 aliphatic heterocycles. The first-order chi connectivity index (χ1) is 15.0. The second kappa shape index (κ2) is 11.1. The van der Waals surface area contributed by atoms with E-state index in [2.05, 4.69) is 31.4 Å². The van der Waals surface area contributed by atoms with Crippen LogP contribution in [0, 0.1) is 0 Å². The molecule has 0 unspecified atom stereocenters. The Kier molecular flexibility index (Phi) is 8.27. The highest BCUT2D eigenvalue weighted by molar-refractivity contribution is 9.10. The molecular formula is C20H18BrN3O5S2. The number of nitrogens with one attached hydrogen (secondary N) is 1. The van der Waals surface area contributed by atoms with Crippen molar-refractivity contribution in [3.05, 3.63) is 46.4 Å². The molecular weight excluding hydrogens is 506 g/mol. The van der Waals surface area contributed by atoms with Gasteiger partial charge in [-0.1, -0.05) is 23.9 Å². The molecule has 0 bridgehead atoms. The van der Waals surface area contributed by atoms with Gasteiger partial charge >= 0.3 is 5.97 Å². The number of carbonyl (C=O) groups is 2. The van der Waals surface area contributed by atoms with Crippen LogP contribution in [-0.2, 0) is 9.59 Å². The van der Waals surface area contributed by atoms with Gasteiger partial charge in [-0.3, -0.25) is 4.79 Å². The number of carboxylic acids is 1. The van der Waals surface area contributed by atoms with Crippen LogP contribution in [0.3, 0.4) is 0 Å². The third kappa shape index (κ3) is 6.68. The number of thiazole rings is 1. The molecule has 1 aromatic heterocycles. The molecule has 0 aliphatic carbocycles. The van der Waals surface area contributed by atoms with E-state index in [1.165, 1.54) is 18.0 Å². The van der Waals surface area contributed by atoms with Gasteiger partial charge in [0.15, 0.2) is 22.4 Å². The van der Waals surface area contributed by atoms with Crippen LogP contribution in [0.2, 0.25) is 0 Å². The van der Waals surface area contributed by atoms with Crippen molar-refractivity contribution in [2.45, 2.75) is 11.3 Å². The van der Waals surface area contributed by atoms with Crippen molar-refractivity contribution in [3.8, 4) is 11.5 Å². The summed E-state index contributed by atoms with van der Waals surface area (Å²) in [6.07, 6.45) is 1.47. The number of hydrogen-bond donors (Lipinski definition) is 2. The molecule has 11 heteroatoms. The van der Waals surface area contributed by atoms with Gasteiger partial charge in [0.05, 0.1) is 33.3 Å². The number of aliphatic carboxylic acids is 1. The zero-order valence-electron chi connectivity index (χ0n) is 16.3. The number of carboxylic acid groups (broad SMARTS) is 1. The topological polar surface area (TPSA) is 110 Å². The van der Waals surface area contributed by atoms with Crippen molar-refractivity contribution >= 4 is 67.3 Å². The molecule has 0 fully saturated rings. The molecule has 2 N–H and O–H groups in total. The Labute approximate surface area is 194 Å². The van der Waals surface area contributed by atoms with E-state index >= 15 is 0 Å². The molecule has 1 heterocycles. The molecule has 0 aliphatic rings. The van der Waals surface area contributed by atoms with Crippen LogP contribution in [0.5, 0.6) is 11.5 Å². The SMILES string of the molecule is CCOc1cc(/C=N\NC(=O)CSc2nc3ccccc3s2)cc(Br)c1OCC(=O)O. The summed E-state index contributed by atoms with van der Waals surface area (Å²) in [5, 5.41) is 12.8. The van der Waals surface area contributed by atoms with Crippen molar-refractivity contribution in [1.82, 2.24) is 10.4 Å². The van der Waals surface area contributed by atoms with Gasteiger partial charge in [-0.25, -0.2) is 15.2 Å². The smallest absolute Gasteiger partial charge is 0.341 e. The maximum atomic E-state index is 12.1. The average Bonchev–Trinajstić information content (AvgIpc) is 3.15. The van der Waals surface area contributed by atoms with E-state index in [-0.39, 0.29) is 17.4 Å². The van der Waals surface area contributed by atoms with Gasteiger partial charge in [-0.2, -0.15) is 5.10 Å². The maximum absolute atomic E-state index is 12.1. The van der Waals surface area contributed by atoms with Crippen molar-refractivity contribution in [3.63, 3.8) is 0 Å². The largest absolute Gasteiger partial charge is 0.490 e. The van der Waals surface area contributed by atoms with Gasteiger partial charge in [-0.05, 0) is 52.7 Å². The lowest BCUT2D eigenvalue weighted by atomic mass is 10.2. The number of amides is 1. The summed E-state index contributed by atoms with van der Waals surface area (Å²) in [4.78, 5) is 27.3. The van der Waals surface area contributed by atoms with E-state index in [4.69, 9.17) is 14.6 Å². The summed E-state index contributed by atoms with van der Waals surface area (Å²) in [5.74, 6) is -0.500. The number of ether oxygens (including phenoxy) is 2. The molecule has 31 heavy (non-hydrogen) atoms. The van der Waals surface area contributed by atoms with Crippen LogP contribution in [0.25, 0.3) is 10.2 Å². The highest BCUT2D eigenvalue weighted by Crippen LogP contribution is 2.36. The minimum absolute atomic E-state index is 0.188. The van der Waals surface area contributed by atoms with Crippen LogP contribution in [0.15, 0.2) is 50.3 Å². The van der Waals surface area contributed by atoms with Gasteiger partial charge in [-0.15, -0.1) is 11.3 Å². The van der Waals surface area contributed by atoms with Gasteiger partial charge < -0.3 is 14.6 Å². The molecule has 8 nitrogen and oxygen atoms in total. The number of aromatic nitrogens is 1. The number of hydrogen-bond acceptors (Lipinski definition) is 8. The van der Waals surface area contributed by atoms with Crippen LogP contribution in [0.1, 0.15) is 12.5 Å².